The van der Waals surface area contributed by atoms with E-state index in [9.17, 15) is 4.79 Å². The fraction of sp³-hybridized carbons (Fsp3) is 0.350. The lowest BCUT2D eigenvalue weighted by Crippen LogP contribution is -2.25. The van der Waals surface area contributed by atoms with Gasteiger partial charge in [0.1, 0.15) is 11.5 Å². The number of amides is 1. The summed E-state index contributed by atoms with van der Waals surface area (Å²) in [6, 6.07) is 15.3. The third-order valence-electron chi connectivity index (χ3n) is 3.63. The Kier molecular flexibility index (Phi) is 9.21. The van der Waals surface area contributed by atoms with Crippen LogP contribution in [0.3, 0.4) is 0 Å². The second-order valence-corrected chi connectivity index (χ2v) is 7.20. The molecule has 0 aromatic heterocycles. The minimum Gasteiger partial charge on any atom is -0.497 e. The van der Waals surface area contributed by atoms with Crippen LogP contribution in [0.2, 0.25) is 5.02 Å². The highest BCUT2D eigenvalue weighted by Crippen LogP contribution is 2.17. The molecule has 2 aromatic rings. The van der Waals surface area contributed by atoms with E-state index < -0.39 is 0 Å². The molecule has 0 aliphatic carbocycles. The van der Waals surface area contributed by atoms with Gasteiger partial charge in [-0.1, -0.05) is 23.7 Å². The average Bonchev–Trinajstić information content (AvgIpc) is 2.67. The van der Waals surface area contributed by atoms with E-state index in [0.717, 1.165) is 28.0 Å². The number of ether oxygens (including phenoxy) is 2. The van der Waals surface area contributed by atoms with E-state index in [0.29, 0.717) is 26.0 Å². The molecule has 1 amide bonds. The van der Waals surface area contributed by atoms with Gasteiger partial charge in [0.25, 0.3) is 0 Å². The van der Waals surface area contributed by atoms with Crippen molar-refractivity contribution in [2.24, 2.45) is 0 Å². The monoisotopic (exact) mass is 393 g/mol. The van der Waals surface area contributed by atoms with Crippen LogP contribution in [0.15, 0.2) is 48.5 Å². The normalized spacial score (nSPS) is 10.4. The van der Waals surface area contributed by atoms with Crippen LogP contribution in [0.25, 0.3) is 0 Å². The number of rotatable bonds is 11. The lowest BCUT2D eigenvalue weighted by atomic mass is 10.2. The van der Waals surface area contributed by atoms with Crippen LogP contribution in [0, 0.1) is 0 Å². The van der Waals surface area contributed by atoms with Crippen LogP contribution in [0.5, 0.6) is 11.5 Å². The summed E-state index contributed by atoms with van der Waals surface area (Å²) in [7, 11) is 1.63. The van der Waals surface area contributed by atoms with Crippen LogP contribution in [0.1, 0.15) is 18.4 Å². The number of nitrogens with one attached hydrogen (secondary N) is 1. The summed E-state index contributed by atoms with van der Waals surface area (Å²) >= 11 is 7.65. The standard InChI is InChI=1S/C20H24ClNO3S/c1-24-18-8-10-19(11-9-18)25-13-2-3-20(23)22-12-14-26-15-16-4-6-17(21)7-5-16/h4-11H,2-3,12-15H2,1H3,(H,22,23). The van der Waals surface area contributed by atoms with Gasteiger partial charge in [-0.15, -0.1) is 0 Å². The lowest BCUT2D eigenvalue weighted by Gasteiger charge is -2.08. The summed E-state index contributed by atoms with van der Waals surface area (Å²) < 4.78 is 10.7. The molecule has 0 unspecified atom stereocenters. The fourth-order valence-corrected chi connectivity index (χ4v) is 3.16. The molecule has 4 nitrogen and oxygen atoms in total. The van der Waals surface area contributed by atoms with Gasteiger partial charge in [-0.3, -0.25) is 4.79 Å². The maximum absolute atomic E-state index is 11.8. The highest BCUT2D eigenvalue weighted by atomic mass is 35.5. The first-order chi connectivity index (χ1) is 12.7. The van der Waals surface area contributed by atoms with Gasteiger partial charge < -0.3 is 14.8 Å². The molecule has 0 aliphatic rings. The molecule has 2 rings (SSSR count). The lowest BCUT2D eigenvalue weighted by molar-refractivity contribution is -0.121. The number of carbonyl (C=O) groups excluding carboxylic acids is 1. The summed E-state index contributed by atoms with van der Waals surface area (Å²) in [5, 5.41) is 3.69. The molecule has 0 heterocycles. The van der Waals surface area contributed by atoms with Crippen LogP contribution in [-0.4, -0.2) is 31.9 Å². The molecule has 0 spiro atoms. The van der Waals surface area contributed by atoms with Crippen LogP contribution >= 0.6 is 23.4 Å². The van der Waals surface area contributed by atoms with Gasteiger partial charge in [0, 0.05) is 29.5 Å². The summed E-state index contributed by atoms with van der Waals surface area (Å²) in [6.07, 6.45) is 1.16. The van der Waals surface area contributed by atoms with E-state index in [4.69, 9.17) is 21.1 Å². The van der Waals surface area contributed by atoms with Crippen molar-refractivity contribution in [1.82, 2.24) is 5.32 Å². The van der Waals surface area contributed by atoms with Gasteiger partial charge >= 0.3 is 0 Å². The molecule has 0 radical (unpaired) electrons. The van der Waals surface area contributed by atoms with Gasteiger partial charge in [0.2, 0.25) is 5.91 Å². The maximum atomic E-state index is 11.8. The van der Waals surface area contributed by atoms with Gasteiger partial charge in [-0.25, -0.2) is 0 Å². The summed E-state index contributed by atoms with van der Waals surface area (Å²) in [5.41, 5.74) is 1.24. The number of halogens is 1. The van der Waals surface area contributed by atoms with Crippen molar-refractivity contribution in [3.8, 4) is 11.5 Å². The summed E-state index contributed by atoms with van der Waals surface area (Å²) in [5.74, 6) is 3.45. The second kappa shape index (κ2) is 11.7. The Morgan fingerprint density at radius 2 is 1.77 bits per heavy atom. The van der Waals surface area contributed by atoms with Gasteiger partial charge in [0.15, 0.2) is 0 Å². The molecule has 26 heavy (non-hydrogen) atoms. The van der Waals surface area contributed by atoms with E-state index in [1.165, 1.54) is 5.56 Å². The molecule has 0 aliphatic heterocycles. The minimum absolute atomic E-state index is 0.0652. The molecule has 2 aromatic carbocycles. The molecular formula is C20H24ClNO3S. The topological polar surface area (TPSA) is 47.6 Å². The van der Waals surface area contributed by atoms with Crippen molar-refractivity contribution in [3.05, 3.63) is 59.1 Å². The average molecular weight is 394 g/mol. The van der Waals surface area contributed by atoms with Crippen molar-refractivity contribution in [2.75, 3.05) is 26.0 Å². The maximum Gasteiger partial charge on any atom is 0.220 e. The second-order valence-electron chi connectivity index (χ2n) is 5.66. The van der Waals surface area contributed by atoms with E-state index in [-0.39, 0.29) is 5.91 Å². The molecule has 1 N–H and O–H groups in total. The molecule has 0 bridgehead atoms. The van der Waals surface area contributed by atoms with Crippen molar-refractivity contribution in [2.45, 2.75) is 18.6 Å². The summed E-state index contributed by atoms with van der Waals surface area (Å²) in [4.78, 5) is 11.8. The highest BCUT2D eigenvalue weighted by molar-refractivity contribution is 7.98. The Hall–Kier alpha value is -1.85. The largest absolute Gasteiger partial charge is 0.497 e. The predicted molar refractivity (Wildman–Crippen MR) is 108 cm³/mol. The molecule has 0 saturated heterocycles. The molecular weight excluding hydrogens is 370 g/mol. The molecule has 0 atom stereocenters. The van der Waals surface area contributed by atoms with Crippen molar-refractivity contribution >= 4 is 29.3 Å². The van der Waals surface area contributed by atoms with Gasteiger partial charge in [-0.2, -0.15) is 11.8 Å². The first-order valence-corrected chi connectivity index (χ1v) is 10.1. The minimum atomic E-state index is 0.0652. The van der Waals surface area contributed by atoms with Crippen LogP contribution < -0.4 is 14.8 Å². The van der Waals surface area contributed by atoms with Crippen molar-refractivity contribution < 1.29 is 14.3 Å². The van der Waals surface area contributed by atoms with Crippen LogP contribution in [0.4, 0.5) is 0 Å². The Balaban J connectivity index is 1.48. The molecule has 6 heteroatoms. The fourth-order valence-electron chi connectivity index (χ4n) is 2.22. The van der Waals surface area contributed by atoms with Crippen molar-refractivity contribution in [3.63, 3.8) is 0 Å². The zero-order valence-corrected chi connectivity index (χ0v) is 16.4. The van der Waals surface area contributed by atoms with Gasteiger partial charge in [-0.05, 0) is 48.4 Å². The van der Waals surface area contributed by atoms with Crippen LogP contribution in [-0.2, 0) is 10.5 Å². The Labute approximate surface area is 164 Å². The van der Waals surface area contributed by atoms with E-state index in [1.54, 1.807) is 18.9 Å². The van der Waals surface area contributed by atoms with E-state index in [1.807, 2.05) is 48.5 Å². The predicted octanol–water partition coefficient (Wildman–Crippen LogP) is 4.56. The smallest absolute Gasteiger partial charge is 0.220 e. The number of hydrogen-bond donors (Lipinski definition) is 1. The van der Waals surface area contributed by atoms with E-state index >= 15 is 0 Å². The Morgan fingerprint density at radius 3 is 2.46 bits per heavy atom. The number of benzene rings is 2. The van der Waals surface area contributed by atoms with Gasteiger partial charge in [0.05, 0.1) is 13.7 Å². The number of thioether (sulfide) groups is 1. The number of methoxy groups -OCH3 is 1. The van der Waals surface area contributed by atoms with E-state index in [2.05, 4.69) is 5.32 Å². The quantitative estimate of drug-likeness (QED) is 0.568. The molecule has 0 saturated carbocycles. The first kappa shape index (κ1) is 20.5. The SMILES string of the molecule is COc1ccc(OCCCC(=O)NCCSCc2ccc(Cl)cc2)cc1. The molecule has 140 valence electrons. The third-order valence-corrected chi connectivity index (χ3v) is 4.91. The molecule has 0 fully saturated rings. The number of carbonyl (C=O) groups is 1. The van der Waals surface area contributed by atoms with Crippen molar-refractivity contribution in [1.29, 1.82) is 0 Å². The zero-order valence-electron chi connectivity index (χ0n) is 14.9. The third kappa shape index (κ3) is 8.02. The summed E-state index contributed by atoms with van der Waals surface area (Å²) in [6.45, 7) is 1.20. The Bertz CT molecular complexity index is 662. The highest BCUT2D eigenvalue weighted by Gasteiger charge is 2.02. The number of hydrogen-bond acceptors (Lipinski definition) is 4. The Morgan fingerprint density at radius 1 is 1.08 bits per heavy atom. The first-order valence-electron chi connectivity index (χ1n) is 8.53. The zero-order chi connectivity index (χ0) is 18.6.